The van der Waals surface area contributed by atoms with Gasteiger partial charge in [0, 0.05) is 0 Å². The molecule has 5 heteroatoms. The second-order valence-electron chi connectivity index (χ2n) is 6.79. The molecule has 0 rings (SSSR count). The Kier molecular flexibility index (Phi) is 7.11. The van der Waals surface area contributed by atoms with E-state index in [1.807, 2.05) is 55.4 Å². The Morgan fingerprint density at radius 2 is 1.30 bits per heavy atom. The summed E-state index contributed by atoms with van der Waals surface area (Å²) in [6.07, 6.45) is 0. The summed E-state index contributed by atoms with van der Waals surface area (Å²) in [5.41, 5.74) is 4.11. The highest BCUT2D eigenvalue weighted by Crippen LogP contribution is 2.57. The maximum atomic E-state index is 10.0. The van der Waals surface area contributed by atoms with Gasteiger partial charge in [0.25, 0.3) is 8.53 Å². The highest BCUT2D eigenvalue weighted by molar-refractivity contribution is 7.43. The van der Waals surface area contributed by atoms with Gasteiger partial charge in [-0.3, -0.25) is 5.50 Å². The SMILES string of the molecule is CC(C)C(C#N)(C(C)C)C(OP(N)O)(C(C)C)C(C)C. The lowest BCUT2D eigenvalue weighted by Crippen LogP contribution is -2.61. The molecule has 1 unspecified atom stereocenters. The summed E-state index contributed by atoms with van der Waals surface area (Å²) in [6, 6.07) is 2.54. The third-order valence-corrected chi connectivity index (χ3v) is 5.10. The molecule has 0 aliphatic rings. The van der Waals surface area contributed by atoms with E-state index in [1.165, 1.54) is 0 Å². The standard InChI is InChI=1S/C15H31N2O2P/c1-10(2)14(9-16,11(3)4)15(12(5)6,13(7)8)19-20(17)18/h10-13,18H,17H2,1-8H3. The van der Waals surface area contributed by atoms with Gasteiger partial charge in [-0.25, -0.2) is 0 Å². The monoisotopic (exact) mass is 302 g/mol. The quantitative estimate of drug-likeness (QED) is 0.695. The zero-order valence-electron chi connectivity index (χ0n) is 14.1. The van der Waals surface area contributed by atoms with Crippen LogP contribution >= 0.6 is 8.53 Å². The molecule has 0 saturated heterocycles. The van der Waals surface area contributed by atoms with E-state index in [9.17, 15) is 10.2 Å². The van der Waals surface area contributed by atoms with Gasteiger partial charge >= 0.3 is 0 Å². The van der Waals surface area contributed by atoms with Crippen LogP contribution < -0.4 is 5.50 Å². The minimum absolute atomic E-state index is 0.0626. The maximum Gasteiger partial charge on any atom is 0.250 e. The van der Waals surface area contributed by atoms with E-state index >= 15 is 0 Å². The molecule has 4 nitrogen and oxygen atoms in total. The first-order valence-electron chi connectivity index (χ1n) is 7.34. The van der Waals surface area contributed by atoms with E-state index in [4.69, 9.17) is 10.0 Å². The van der Waals surface area contributed by atoms with Gasteiger partial charge in [0.2, 0.25) is 0 Å². The van der Waals surface area contributed by atoms with E-state index in [-0.39, 0.29) is 23.7 Å². The van der Waals surface area contributed by atoms with Crippen molar-refractivity contribution >= 4 is 8.53 Å². The Labute approximate surface area is 125 Å². The summed E-state index contributed by atoms with van der Waals surface area (Å²) in [5.74, 6) is 0.305. The van der Waals surface area contributed by atoms with Gasteiger partial charge in [-0.05, 0) is 23.7 Å². The van der Waals surface area contributed by atoms with Crippen LogP contribution in [0.25, 0.3) is 0 Å². The van der Waals surface area contributed by atoms with Gasteiger partial charge < -0.3 is 9.42 Å². The normalized spacial score (nSPS) is 15.2. The number of rotatable bonds is 7. The first-order valence-corrected chi connectivity index (χ1v) is 8.62. The van der Waals surface area contributed by atoms with Gasteiger partial charge in [0.15, 0.2) is 0 Å². The summed E-state index contributed by atoms with van der Waals surface area (Å²) >= 11 is 0. The smallest absolute Gasteiger partial charge is 0.250 e. The topological polar surface area (TPSA) is 79.3 Å². The molecule has 0 bridgehead atoms. The highest BCUT2D eigenvalue weighted by Gasteiger charge is 2.60. The molecule has 0 heterocycles. The summed E-state index contributed by atoms with van der Waals surface area (Å²) in [4.78, 5) is 9.72. The minimum atomic E-state index is -2.02. The molecule has 0 aromatic rings. The fourth-order valence-corrected chi connectivity index (χ4v) is 4.86. The molecule has 1 atom stereocenters. The van der Waals surface area contributed by atoms with Crippen molar-refractivity contribution in [3.8, 4) is 6.07 Å². The molecule has 0 fully saturated rings. The first-order chi connectivity index (χ1) is 9.00. The largest absolute Gasteiger partial charge is 0.338 e. The average Bonchev–Trinajstić information content (AvgIpc) is 2.26. The van der Waals surface area contributed by atoms with Crippen LogP contribution in [0.4, 0.5) is 0 Å². The Bertz CT molecular complexity index is 330. The number of hydrogen-bond acceptors (Lipinski definition) is 4. The van der Waals surface area contributed by atoms with Crippen molar-refractivity contribution < 1.29 is 9.42 Å². The lowest BCUT2D eigenvalue weighted by Gasteiger charge is -2.55. The number of nitriles is 1. The van der Waals surface area contributed by atoms with Crippen LogP contribution in [0.2, 0.25) is 0 Å². The van der Waals surface area contributed by atoms with Crippen LogP contribution in [0.3, 0.4) is 0 Å². The van der Waals surface area contributed by atoms with E-state index in [2.05, 4.69) is 6.07 Å². The third-order valence-electron chi connectivity index (χ3n) is 4.61. The minimum Gasteiger partial charge on any atom is -0.338 e. The van der Waals surface area contributed by atoms with Crippen LogP contribution in [0.5, 0.6) is 0 Å². The molecule has 0 aromatic heterocycles. The zero-order chi connectivity index (χ0) is 16.3. The maximum absolute atomic E-state index is 10.0. The molecule has 20 heavy (non-hydrogen) atoms. The van der Waals surface area contributed by atoms with E-state index in [0.29, 0.717) is 0 Å². The molecule has 3 N–H and O–H groups in total. The molecule has 0 radical (unpaired) electrons. The van der Waals surface area contributed by atoms with Crippen LogP contribution in [-0.2, 0) is 4.52 Å². The molecular weight excluding hydrogens is 271 g/mol. The lowest BCUT2D eigenvalue weighted by atomic mass is 9.53. The van der Waals surface area contributed by atoms with Crippen molar-refractivity contribution in [1.29, 1.82) is 5.26 Å². The fraction of sp³-hybridized carbons (Fsp3) is 0.933. The third kappa shape index (κ3) is 3.02. The Hall–Kier alpha value is -0.200. The Morgan fingerprint density at radius 3 is 1.45 bits per heavy atom. The summed E-state index contributed by atoms with van der Waals surface area (Å²) in [5, 5.41) is 10.0. The van der Waals surface area contributed by atoms with Crippen molar-refractivity contribution in [3.63, 3.8) is 0 Å². The molecule has 0 aromatic carbocycles. The van der Waals surface area contributed by atoms with E-state index in [1.54, 1.807) is 0 Å². The molecule has 0 saturated carbocycles. The first kappa shape index (κ1) is 19.8. The summed E-state index contributed by atoms with van der Waals surface area (Å²) < 4.78 is 5.92. The summed E-state index contributed by atoms with van der Waals surface area (Å²) in [7, 11) is -2.02. The number of hydrogen-bond donors (Lipinski definition) is 2. The van der Waals surface area contributed by atoms with Crippen molar-refractivity contribution in [2.24, 2.45) is 34.6 Å². The van der Waals surface area contributed by atoms with Crippen LogP contribution in [-0.4, -0.2) is 10.5 Å². The molecule has 0 amide bonds. The van der Waals surface area contributed by atoms with Crippen LogP contribution in [0.1, 0.15) is 55.4 Å². The zero-order valence-corrected chi connectivity index (χ0v) is 15.0. The van der Waals surface area contributed by atoms with Crippen molar-refractivity contribution in [3.05, 3.63) is 0 Å². The Morgan fingerprint density at radius 1 is 0.950 bits per heavy atom. The number of nitrogens with two attached hydrogens (primary N) is 1. The lowest BCUT2D eigenvalue weighted by molar-refractivity contribution is -0.141. The second kappa shape index (κ2) is 7.18. The van der Waals surface area contributed by atoms with Crippen LogP contribution in [0.15, 0.2) is 0 Å². The Balaban J connectivity index is 6.37. The molecule has 0 aliphatic heterocycles. The van der Waals surface area contributed by atoms with Gasteiger partial charge in [-0.2, -0.15) is 5.26 Å². The van der Waals surface area contributed by atoms with Gasteiger partial charge in [0.1, 0.15) is 0 Å². The highest BCUT2D eigenvalue weighted by atomic mass is 31.2. The van der Waals surface area contributed by atoms with Gasteiger partial charge in [-0.1, -0.05) is 55.4 Å². The van der Waals surface area contributed by atoms with Gasteiger partial charge in [-0.15, -0.1) is 0 Å². The second-order valence-corrected chi connectivity index (χ2v) is 7.57. The summed E-state index contributed by atoms with van der Waals surface area (Å²) in [6.45, 7) is 16.3. The van der Waals surface area contributed by atoms with E-state index in [0.717, 1.165) is 0 Å². The average molecular weight is 302 g/mol. The molecular formula is C15H31N2O2P. The van der Waals surface area contributed by atoms with Crippen LogP contribution in [0, 0.1) is 40.4 Å². The van der Waals surface area contributed by atoms with Crippen molar-refractivity contribution in [2.45, 2.75) is 61.0 Å². The molecule has 0 aliphatic carbocycles. The number of nitrogens with zero attached hydrogens (tertiary/aromatic N) is 1. The fourth-order valence-electron chi connectivity index (χ4n) is 3.98. The predicted octanol–water partition coefficient (Wildman–Crippen LogP) is 4.05. The predicted molar refractivity (Wildman–Crippen MR) is 84.5 cm³/mol. The molecule has 0 spiro atoms. The van der Waals surface area contributed by atoms with E-state index < -0.39 is 19.5 Å². The van der Waals surface area contributed by atoms with Gasteiger partial charge in [0.05, 0.1) is 17.1 Å². The van der Waals surface area contributed by atoms with Crippen molar-refractivity contribution in [2.75, 3.05) is 0 Å². The molecule has 118 valence electrons. The van der Waals surface area contributed by atoms with Crippen molar-refractivity contribution in [1.82, 2.24) is 0 Å².